The van der Waals surface area contributed by atoms with Gasteiger partial charge in [0.1, 0.15) is 0 Å². The van der Waals surface area contributed by atoms with E-state index in [-0.39, 0.29) is 0 Å². The molecule has 0 rings (SSSR count). The summed E-state index contributed by atoms with van der Waals surface area (Å²) < 4.78 is 16.9. The van der Waals surface area contributed by atoms with Gasteiger partial charge in [-0.1, -0.05) is 0 Å². The van der Waals surface area contributed by atoms with E-state index < -0.39 is 44.3 Å². The first-order valence-corrected chi connectivity index (χ1v) is 5.24. The van der Waals surface area contributed by atoms with Crippen LogP contribution in [0.1, 0.15) is 0 Å². The Morgan fingerprint density at radius 1 is 0.619 bits per heavy atom. The number of carbonyl (C=O) groups is 4. The first-order chi connectivity index (χ1) is 9.99. The van der Waals surface area contributed by atoms with Crippen LogP contribution in [-0.2, 0) is 38.1 Å². The Balaban J connectivity index is 3.93. The molecule has 10 nitrogen and oxygen atoms in total. The van der Waals surface area contributed by atoms with Crippen LogP contribution in [0.15, 0.2) is 24.3 Å². The normalized spacial score (nSPS) is 10.4. The molecule has 2 N–H and O–H groups in total. The number of hydrogen-bond donors (Lipinski definition) is 2. The summed E-state index contributed by atoms with van der Waals surface area (Å²) in [5.41, 5.74) is 0. The molecule has 0 atom stereocenters. The number of aliphatic hydroxyl groups is 2. The summed E-state index contributed by atoms with van der Waals surface area (Å²) in [5, 5.41) is 16.4. The van der Waals surface area contributed by atoms with Crippen molar-refractivity contribution in [3.63, 3.8) is 0 Å². The molecule has 0 heterocycles. The first-order valence-electron chi connectivity index (χ1n) is 5.24. The van der Waals surface area contributed by atoms with Gasteiger partial charge in [0.2, 0.25) is 6.79 Å². The first kappa shape index (κ1) is 18.3. The van der Waals surface area contributed by atoms with E-state index in [1.165, 1.54) is 0 Å². The highest BCUT2D eigenvalue weighted by atomic mass is 16.7. The van der Waals surface area contributed by atoms with E-state index in [1.54, 1.807) is 0 Å². The Morgan fingerprint density at radius 3 is 1.19 bits per heavy atom. The average molecular weight is 304 g/mol. The standard InChI is InChI=1S/C11H12O10/c12-5-18-8(14)1-3-10(16)20-7-21-11(17)4-2-9(15)19-6-13/h1-4,12-13H,5-7H2. The van der Waals surface area contributed by atoms with Gasteiger partial charge in [0.15, 0.2) is 13.6 Å². The Hall–Kier alpha value is -2.72. The molecule has 0 aliphatic rings. The Bertz CT molecular complexity index is 396. The summed E-state index contributed by atoms with van der Waals surface area (Å²) >= 11 is 0. The molecule has 0 spiro atoms. The van der Waals surface area contributed by atoms with Crippen LogP contribution in [0.2, 0.25) is 0 Å². The van der Waals surface area contributed by atoms with Gasteiger partial charge in [0.05, 0.1) is 0 Å². The number of hydrogen-bond acceptors (Lipinski definition) is 10. The lowest BCUT2D eigenvalue weighted by Crippen LogP contribution is -2.11. The molecule has 0 saturated heterocycles. The van der Waals surface area contributed by atoms with Gasteiger partial charge in [-0.15, -0.1) is 0 Å². The van der Waals surface area contributed by atoms with E-state index in [9.17, 15) is 19.2 Å². The SMILES string of the molecule is O=C(C=CC(=O)OCOC(=O)C=CC(=O)OCO)OCO. The van der Waals surface area contributed by atoms with Crippen LogP contribution < -0.4 is 0 Å². The van der Waals surface area contributed by atoms with Gasteiger partial charge in [0.25, 0.3) is 0 Å². The third kappa shape index (κ3) is 10.9. The van der Waals surface area contributed by atoms with Crippen molar-refractivity contribution < 1.29 is 48.3 Å². The monoisotopic (exact) mass is 304 g/mol. The molecule has 0 unspecified atom stereocenters. The third-order valence-corrected chi connectivity index (χ3v) is 1.53. The summed E-state index contributed by atoms with van der Waals surface area (Å²) in [4.78, 5) is 43.4. The van der Waals surface area contributed by atoms with Crippen LogP contribution in [-0.4, -0.2) is 54.5 Å². The molecule has 0 aromatic carbocycles. The second-order valence-corrected chi connectivity index (χ2v) is 2.90. The van der Waals surface area contributed by atoms with Crippen LogP contribution in [0.3, 0.4) is 0 Å². The Morgan fingerprint density at radius 2 is 0.905 bits per heavy atom. The molecule has 0 fully saturated rings. The molecule has 10 heteroatoms. The van der Waals surface area contributed by atoms with E-state index >= 15 is 0 Å². The highest BCUT2D eigenvalue weighted by Crippen LogP contribution is 1.89. The quantitative estimate of drug-likeness (QED) is 0.226. The van der Waals surface area contributed by atoms with Crippen molar-refractivity contribution in [1.82, 2.24) is 0 Å². The molecule has 0 aromatic rings. The van der Waals surface area contributed by atoms with Gasteiger partial charge in [-0.2, -0.15) is 0 Å². The molecule has 116 valence electrons. The van der Waals surface area contributed by atoms with Gasteiger partial charge >= 0.3 is 23.9 Å². The lowest BCUT2D eigenvalue weighted by atomic mass is 10.5. The number of esters is 4. The number of ether oxygens (including phenoxy) is 4. The molecular weight excluding hydrogens is 292 g/mol. The van der Waals surface area contributed by atoms with Crippen molar-refractivity contribution in [2.24, 2.45) is 0 Å². The molecular formula is C11H12O10. The highest BCUT2D eigenvalue weighted by molar-refractivity contribution is 5.92. The third-order valence-electron chi connectivity index (χ3n) is 1.53. The minimum Gasteiger partial charge on any atom is -0.436 e. The van der Waals surface area contributed by atoms with Crippen molar-refractivity contribution >= 4 is 23.9 Å². The fraction of sp³-hybridized carbons (Fsp3) is 0.273. The maximum Gasteiger partial charge on any atom is 0.333 e. The van der Waals surface area contributed by atoms with Crippen molar-refractivity contribution in [1.29, 1.82) is 0 Å². The molecule has 21 heavy (non-hydrogen) atoms. The fourth-order valence-corrected chi connectivity index (χ4v) is 0.737. The minimum absolute atomic E-state index is 0.695. The van der Waals surface area contributed by atoms with E-state index in [0.29, 0.717) is 24.3 Å². The van der Waals surface area contributed by atoms with Crippen molar-refractivity contribution in [3.8, 4) is 0 Å². The van der Waals surface area contributed by atoms with Gasteiger partial charge in [0, 0.05) is 24.3 Å². The lowest BCUT2D eigenvalue weighted by Gasteiger charge is -2.01. The minimum atomic E-state index is -0.999. The largest absolute Gasteiger partial charge is 0.436 e. The highest BCUT2D eigenvalue weighted by Gasteiger charge is 2.03. The van der Waals surface area contributed by atoms with Crippen LogP contribution in [0.5, 0.6) is 0 Å². The van der Waals surface area contributed by atoms with Gasteiger partial charge in [-0.3, -0.25) is 0 Å². The predicted octanol–water partition coefficient (Wildman–Crippen LogP) is -1.87. The molecule has 0 aliphatic carbocycles. The summed E-state index contributed by atoms with van der Waals surface area (Å²) in [6, 6.07) is 0. The summed E-state index contributed by atoms with van der Waals surface area (Å²) in [6.07, 6.45) is 2.79. The topological polar surface area (TPSA) is 146 Å². The maximum atomic E-state index is 11.0. The maximum absolute atomic E-state index is 11.0. The number of aliphatic hydroxyl groups excluding tert-OH is 2. The second-order valence-electron chi connectivity index (χ2n) is 2.90. The molecule has 0 saturated carbocycles. The number of rotatable bonds is 8. The summed E-state index contributed by atoms with van der Waals surface area (Å²) in [6.45, 7) is -2.42. The second kappa shape index (κ2) is 11.1. The zero-order valence-corrected chi connectivity index (χ0v) is 10.6. The molecule has 0 aromatic heterocycles. The Kier molecular flexibility index (Phi) is 9.69. The van der Waals surface area contributed by atoms with Gasteiger partial charge in [-0.25, -0.2) is 19.2 Å². The smallest absolute Gasteiger partial charge is 0.333 e. The Labute approximate surface area is 118 Å². The van der Waals surface area contributed by atoms with Crippen molar-refractivity contribution in [3.05, 3.63) is 24.3 Å². The molecule has 0 radical (unpaired) electrons. The zero-order chi connectivity index (χ0) is 16.1. The van der Waals surface area contributed by atoms with Crippen LogP contribution in [0, 0.1) is 0 Å². The number of carbonyl (C=O) groups excluding carboxylic acids is 4. The van der Waals surface area contributed by atoms with E-state index in [0.717, 1.165) is 0 Å². The van der Waals surface area contributed by atoms with Crippen molar-refractivity contribution in [2.75, 3.05) is 20.4 Å². The van der Waals surface area contributed by atoms with Gasteiger partial charge in [-0.05, 0) is 0 Å². The van der Waals surface area contributed by atoms with E-state index in [1.807, 2.05) is 0 Å². The molecule has 0 bridgehead atoms. The van der Waals surface area contributed by atoms with Crippen LogP contribution in [0.4, 0.5) is 0 Å². The van der Waals surface area contributed by atoms with Gasteiger partial charge < -0.3 is 29.2 Å². The van der Waals surface area contributed by atoms with Crippen LogP contribution in [0.25, 0.3) is 0 Å². The average Bonchev–Trinajstić information content (AvgIpc) is 2.43. The molecule has 0 amide bonds. The van der Waals surface area contributed by atoms with E-state index in [2.05, 4.69) is 18.9 Å². The molecule has 0 aliphatic heterocycles. The predicted molar refractivity (Wildman–Crippen MR) is 61.7 cm³/mol. The lowest BCUT2D eigenvalue weighted by molar-refractivity contribution is -0.161. The fourth-order valence-electron chi connectivity index (χ4n) is 0.737. The zero-order valence-electron chi connectivity index (χ0n) is 10.6. The van der Waals surface area contributed by atoms with Crippen LogP contribution >= 0.6 is 0 Å². The summed E-state index contributed by atoms with van der Waals surface area (Å²) in [5.74, 6) is -3.92. The summed E-state index contributed by atoms with van der Waals surface area (Å²) in [7, 11) is 0. The van der Waals surface area contributed by atoms with Crippen molar-refractivity contribution in [2.45, 2.75) is 0 Å². The van der Waals surface area contributed by atoms with E-state index in [4.69, 9.17) is 10.2 Å².